The Morgan fingerprint density at radius 1 is 0.533 bits per heavy atom. The third-order valence-corrected chi connectivity index (χ3v) is 6.28. The van der Waals surface area contributed by atoms with Gasteiger partial charge in [0.25, 0.3) is 0 Å². The highest BCUT2D eigenvalue weighted by Crippen LogP contribution is 2.38. The molecule has 3 N–H and O–H groups in total. The quantitative estimate of drug-likeness (QED) is 0.460. The van der Waals surface area contributed by atoms with Crippen molar-refractivity contribution >= 4 is 0 Å². The van der Waals surface area contributed by atoms with Gasteiger partial charge in [-0.3, -0.25) is 0 Å². The van der Waals surface area contributed by atoms with Crippen molar-refractivity contribution in [3.63, 3.8) is 0 Å². The summed E-state index contributed by atoms with van der Waals surface area (Å²) in [6, 6.07) is 11.8. The average molecular weight is 405 g/mol. The van der Waals surface area contributed by atoms with Crippen molar-refractivity contribution in [2.75, 3.05) is 0 Å². The second-order valence-corrected chi connectivity index (χ2v) is 8.65. The molecule has 0 fully saturated rings. The van der Waals surface area contributed by atoms with Gasteiger partial charge in [-0.25, -0.2) is 0 Å². The first-order valence-corrected chi connectivity index (χ1v) is 10.5. The molecule has 3 nitrogen and oxygen atoms in total. The third-order valence-electron chi connectivity index (χ3n) is 6.28. The molecule has 0 radical (unpaired) electrons. The van der Waals surface area contributed by atoms with E-state index in [1.807, 2.05) is 59.7 Å². The minimum atomic E-state index is 0.136. The Hall–Kier alpha value is -2.94. The van der Waals surface area contributed by atoms with Crippen LogP contribution in [0.5, 0.6) is 17.2 Å². The molecular formula is C27H32O3. The number of aromatic hydroxyl groups is 3. The summed E-state index contributed by atoms with van der Waals surface area (Å²) in [5.74, 6) is 1.11. The molecule has 3 rings (SSSR count). The van der Waals surface area contributed by atoms with Crippen LogP contribution in [-0.4, -0.2) is 15.3 Å². The van der Waals surface area contributed by atoms with Crippen molar-refractivity contribution in [3.05, 3.63) is 86.5 Å². The zero-order valence-corrected chi connectivity index (χ0v) is 18.8. The first-order chi connectivity index (χ1) is 14.1. The SMILES string of the molecule is Cc1cc(CCC(c2cc(C)c(O)cc2C)c2cc(C)c(O)cc2C)c(C)cc1O. The molecule has 0 amide bonds. The van der Waals surface area contributed by atoms with Gasteiger partial charge in [-0.2, -0.15) is 0 Å². The molecule has 0 saturated heterocycles. The summed E-state index contributed by atoms with van der Waals surface area (Å²) in [5, 5.41) is 30.3. The molecule has 0 bridgehead atoms. The standard InChI is InChI=1S/C27H32O3/c1-15-12-25(28)18(4)9-21(15)7-8-22(23-10-19(5)26(29)13-16(23)2)24-11-20(6)27(30)14-17(24)3/h9-14,22,28-30H,7-8H2,1-6H3. The lowest BCUT2D eigenvalue weighted by molar-refractivity contribution is 0.469. The summed E-state index contributed by atoms with van der Waals surface area (Å²) in [6.07, 6.45) is 1.76. The van der Waals surface area contributed by atoms with Gasteiger partial charge in [-0.15, -0.1) is 0 Å². The second-order valence-electron chi connectivity index (χ2n) is 8.65. The maximum absolute atomic E-state index is 10.2. The van der Waals surface area contributed by atoms with Crippen LogP contribution < -0.4 is 0 Å². The van der Waals surface area contributed by atoms with Gasteiger partial charge in [0.2, 0.25) is 0 Å². The van der Waals surface area contributed by atoms with Gasteiger partial charge in [0.05, 0.1) is 0 Å². The predicted octanol–water partition coefficient (Wildman–Crippen LogP) is 6.42. The molecule has 0 aliphatic heterocycles. The monoisotopic (exact) mass is 404 g/mol. The van der Waals surface area contributed by atoms with Crippen LogP contribution in [0, 0.1) is 41.5 Å². The molecule has 0 atom stereocenters. The molecule has 3 aromatic rings. The van der Waals surface area contributed by atoms with Crippen LogP contribution in [0.1, 0.15) is 62.4 Å². The van der Waals surface area contributed by atoms with Crippen LogP contribution in [0.2, 0.25) is 0 Å². The minimum absolute atomic E-state index is 0.136. The first-order valence-electron chi connectivity index (χ1n) is 10.5. The Morgan fingerprint density at radius 3 is 1.40 bits per heavy atom. The van der Waals surface area contributed by atoms with E-state index >= 15 is 0 Å². The number of hydrogen-bond acceptors (Lipinski definition) is 3. The van der Waals surface area contributed by atoms with Crippen LogP contribution in [0.3, 0.4) is 0 Å². The number of aryl methyl sites for hydroxylation is 7. The zero-order chi connectivity index (χ0) is 22.2. The van der Waals surface area contributed by atoms with Crippen molar-refractivity contribution in [3.8, 4) is 17.2 Å². The zero-order valence-electron chi connectivity index (χ0n) is 18.8. The summed E-state index contributed by atoms with van der Waals surface area (Å²) in [4.78, 5) is 0. The fraction of sp³-hybridized carbons (Fsp3) is 0.333. The summed E-state index contributed by atoms with van der Waals surface area (Å²) in [7, 11) is 0. The molecule has 0 heterocycles. The van der Waals surface area contributed by atoms with Gasteiger partial charge in [-0.1, -0.05) is 18.2 Å². The van der Waals surface area contributed by atoms with Gasteiger partial charge in [0.15, 0.2) is 0 Å². The molecule has 30 heavy (non-hydrogen) atoms. The third kappa shape index (κ3) is 4.30. The van der Waals surface area contributed by atoms with Gasteiger partial charge >= 0.3 is 0 Å². The average Bonchev–Trinajstić information content (AvgIpc) is 2.67. The number of benzene rings is 3. The largest absolute Gasteiger partial charge is 0.508 e. The van der Waals surface area contributed by atoms with Crippen molar-refractivity contribution in [1.29, 1.82) is 0 Å². The summed E-state index contributed by atoms with van der Waals surface area (Å²) >= 11 is 0. The Labute approximate surface area is 179 Å². The highest BCUT2D eigenvalue weighted by Gasteiger charge is 2.21. The van der Waals surface area contributed by atoms with Crippen molar-refractivity contribution < 1.29 is 15.3 Å². The summed E-state index contributed by atoms with van der Waals surface area (Å²) in [5.41, 5.74) is 9.47. The Balaban J connectivity index is 2.08. The highest BCUT2D eigenvalue weighted by molar-refractivity contribution is 5.50. The Bertz CT molecular complexity index is 1040. The van der Waals surface area contributed by atoms with Crippen molar-refractivity contribution in [1.82, 2.24) is 0 Å². The fourth-order valence-electron chi connectivity index (χ4n) is 4.31. The van der Waals surface area contributed by atoms with Crippen LogP contribution in [0.25, 0.3) is 0 Å². The highest BCUT2D eigenvalue weighted by atomic mass is 16.3. The molecule has 0 spiro atoms. The lowest BCUT2D eigenvalue weighted by Gasteiger charge is -2.24. The van der Waals surface area contributed by atoms with Crippen LogP contribution in [-0.2, 0) is 6.42 Å². The number of rotatable bonds is 5. The maximum atomic E-state index is 10.2. The molecule has 0 saturated carbocycles. The van der Waals surface area contributed by atoms with Gasteiger partial charge in [-0.05, 0) is 123 Å². The lowest BCUT2D eigenvalue weighted by Crippen LogP contribution is -2.08. The molecule has 0 aliphatic carbocycles. The molecular weight excluding hydrogens is 372 g/mol. The molecule has 0 aliphatic rings. The lowest BCUT2D eigenvalue weighted by atomic mass is 9.80. The molecule has 158 valence electrons. The molecule has 0 aromatic heterocycles. The van der Waals surface area contributed by atoms with E-state index in [-0.39, 0.29) is 5.92 Å². The van der Waals surface area contributed by atoms with Gasteiger partial charge in [0.1, 0.15) is 17.2 Å². The Morgan fingerprint density at radius 2 is 0.933 bits per heavy atom. The maximum Gasteiger partial charge on any atom is 0.118 e. The van der Waals surface area contributed by atoms with E-state index in [0.717, 1.165) is 46.2 Å². The smallest absolute Gasteiger partial charge is 0.118 e. The first kappa shape index (κ1) is 21.8. The minimum Gasteiger partial charge on any atom is -0.508 e. The molecule has 3 heteroatoms. The normalized spacial score (nSPS) is 11.3. The van der Waals surface area contributed by atoms with Crippen LogP contribution >= 0.6 is 0 Å². The summed E-state index contributed by atoms with van der Waals surface area (Å²) < 4.78 is 0. The van der Waals surface area contributed by atoms with Gasteiger partial charge < -0.3 is 15.3 Å². The van der Waals surface area contributed by atoms with E-state index in [1.54, 1.807) is 0 Å². The number of phenolic OH excluding ortho intramolecular Hbond substituents is 3. The fourth-order valence-corrected chi connectivity index (χ4v) is 4.31. The van der Waals surface area contributed by atoms with E-state index in [9.17, 15) is 15.3 Å². The number of hydrogen-bond donors (Lipinski definition) is 3. The van der Waals surface area contributed by atoms with Crippen molar-refractivity contribution in [2.24, 2.45) is 0 Å². The topological polar surface area (TPSA) is 60.7 Å². The van der Waals surface area contributed by atoms with E-state index in [1.165, 1.54) is 16.7 Å². The van der Waals surface area contributed by atoms with Crippen LogP contribution in [0.15, 0.2) is 36.4 Å². The predicted molar refractivity (Wildman–Crippen MR) is 123 cm³/mol. The number of phenols is 3. The second kappa shape index (κ2) is 8.43. The van der Waals surface area contributed by atoms with E-state index < -0.39 is 0 Å². The molecule has 0 unspecified atom stereocenters. The summed E-state index contributed by atoms with van der Waals surface area (Å²) in [6.45, 7) is 11.9. The van der Waals surface area contributed by atoms with Gasteiger partial charge in [0, 0.05) is 5.92 Å². The van der Waals surface area contributed by atoms with E-state index in [2.05, 4.69) is 18.2 Å². The molecule has 3 aromatic carbocycles. The van der Waals surface area contributed by atoms with Crippen molar-refractivity contribution in [2.45, 2.75) is 60.3 Å². The van der Waals surface area contributed by atoms with E-state index in [4.69, 9.17) is 0 Å². The van der Waals surface area contributed by atoms with Crippen LogP contribution in [0.4, 0.5) is 0 Å². The Kier molecular flexibility index (Phi) is 6.12. The van der Waals surface area contributed by atoms with E-state index in [0.29, 0.717) is 17.2 Å².